The number of anilines is 1. The molecule has 0 aliphatic carbocycles. The first-order chi connectivity index (χ1) is 12.4. The van der Waals surface area contributed by atoms with Crippen LogP contribution in [0.3, 0.4) is 0 Å². The van der Waals surface area contributed by atoms with Gasteiger partial charge >= 0.3 is 0 Å². The van der Waals surface area contributed by atoms with Gasteiger partial charge in [0.25, 0.3) is 5.91 Å². The fourth-order valence-electron chi connectivity index (χ4n) is 2.27. The zero-order valence-corrected chi connectivity index (χ0v) is 15.1. The molecular weight excluding hydrogens is 358 g/mol. The summed E-state index contributed by atoms with van der Waals surface area (Å²) in [5, 5.41) is 12.7. The van der Waals surface area contributed by atoms with Crippen molar-refractivity contribution in [2.45, 2.75) is 26.3 Å². The Balaban J connectivity index is 1.65. The molecule has 0 saturated heterocycles. The van der Waals surface area contributed by atoms with Crippen molar-refractivity contribution in [3.05, 3.63) is 23.3 Å². The van der Waals surface area contributed by atoms with E-state index in [0.29, 0.717) is 41.0 Å². The summed E-state index contributed by atoms with van der Waals surface area (Å²) in [6, 6.07) is 3.51. The van der Waals surface area contributed by atoms with E-state index in [9.17, 15) is 14.4 Å². The third-order valence-electron chi connectivity index (χ3n) is 3.62. The van der Waals surface area contributed by atoms with Gasteiger partial charge in [-0.25, -0.2) is 9.99 Å². The number of hydrazone groups is 1. The van der Waals surface area contributed by atoms with Gasteiger partial charge in [0.05, 0.1) is 6.54 Å². The molecule has 0 radical (unpaired) electrons. The molecule has 1 aliphatic rings. The lowest BCUT2D eigenvalue weighted by molar-refractivity contribution is -0.130. The standard InChI is InChI=1S/C16H17N5O4S/c1-9(22)17-7-10-3-5-13(25-10)12-8-26-16(18-12)19-15(24)11-4-6-14(23)21(2)20-11/h3,5,8H,4,6-7H2,1-2H3,(H,17,22)(H,18,19,24). The quantitative estimate of drug-likeness (QED) is 0.823. The number of aromatic nitrogens is 1. The predicted molar refractivity (Wildman–Crippen MR) is 95.4 cm³/mol. The maximum atomic E-state index is 12.2. The Hall–Kier alpha value is -3.01. The van der Waals surface area contributed by atoms with Crippen LogP contribution in [0.5, 0.6) is 0 Å². The van der Waals surface area contributed by atoms with Crippen molar-refractivity contribution in [2.75, 3.05) is 12.4 Å². The summed E-state index contributed by atoms with van der Waals surface area (Å²) in [7, 11) is 1.52. The van der Waals surface area contributed by atoms with Gasteiger partial charge < -0.3 is 9.73 Å². The minimum atomic E-state index is -0.379. The molecule has 0 unspecified atom stereocenters. The van der Waals surface area contributed by atoms with Crippen LogP contribution in [0.4, 0.5) is 5.13 Å². The van der Waals surface area contributed by atoms with Crippen LogP contribution in [0.15, 0.2) is 27.0 Å². The van der Waals surface area contributed by atoms with Crippen LogP contribution < -0.4 is 10.6 Å². The Morgan fingerprint density at radius 1 is 1.35 bits per heavy atom. The highest BCUT2D eigenvalue weighted by Gasteiger charge is 2.22. The second-order valence-corrected chi connectivity index (χ2v) is 6.49. The second-order valence-electron chi connectivity index (χ2n) is 5.63. The molecule has 3 amide bonds. The first kappa shape index (κ1) is 17.8. The number of amides is 3. The number of carbonyl (C=O) groups excluding carboxylic acids is 3. The molecule has 136 valence electrons. The number of thiazole rings is 1. The van der Waals surface area contributed by atoms with Crippen LogP contribution in [0, 0.1) is 0 Å². The Labute approximate surface area is 153 Å². The van der Waals surface area contributed by atoms with E-state index in [1.165, 1.54) is 30.3 Å². The van der Waals surface area contributed by atoms with Crippen molar-refractivity contribution in [1.29, 1.82) is 0 Å². The number of hydrogen-bond donors (Lipinski definition) is 2. The summed E-state index contributed by atoms with van der Waals surface area (Å²) >= 11 is 1.26. The maximum absolute atomic E-state index is 12.2. The predicted octanol–water partition coefficient (Wildman–Crippen LogP) is 1.59. The summed E-state index contributed by atoms with van der Waals surface area (Å²) in [4.78, 5) is 38.9. The SMILES string of the molecule is CC(=O)NCc1ccc(-c2csc(NC(=O)C3=NN(C)C(=O)CC3)n2)o1. The summed E-state index contributed by atoms with van der Waals surface area (Å²) in [5.41, 5.74) is 0.872. The minimum Gasteiger partial charge on any atom is -0.458 e. The van der Waals surface area contributed by atoms with E-state index in [1.54, 1.807) is 17.5 Å². The van der Waals surface area contributed by atoms with E-state index in [0.717, 1.165) is 0 Å². The molecule has 3 rings (SSSR count). The van der Waals surface area contributed by atoms with Crippen LogP contribution in [-0.2, 0) is 20.9 Å². The van der Waals surface area contributed by atoms with E-state index in [2.05, 4.69) is 20.7 Å². The largest absolute Gasteiger partial charge is 0.458 e. The van der Waals surface area contributed by atoms with E-state index in [-0.39, 0.29) is 24.1 Å². The van der Waals surface area contributed by atoms with Gasteiger partial charge in [-0.2, -0.15) is 5.10 Å². The molecule has 0 aromatic carbocycles. The van der Waals surface area contributed by atoms with Crippen LogP contribution >= 0.6 is 11.3 Å². The van der Waals surface area contributed by atoms with Gasteiger partial charge in [0.15, 0.2) is 10.9 Å². The summed E-state index contributed by atoms with van der Waals surface area (Å²) in [6.07, 6.45) is 0.563. The van der Waals surface area contributed by atoms with Gasteiger partial charge in [0.2, 0.25) is 11.8 Å². The summed E-state index contributed by atoms with van der Waals surface area (Å²) in [6.45, 7) is 1.73. The van der Waals surface area contributed by atoms with Gasteiger partial charge in [0, 0.05) is 32.2 Å². The van der Waals surface area contributed by atoms with Gasteiger partial charge in [-0.3, -0.25) is 19.7 Å². The normalized spacial score (nSPS) is 14.2. The lowest BCUT2D eigenvalue weighted by Gasteiger charge is -2.18. The van der Waals surface area contributed by atoms with Gasteiger partial charge in [-0.1, -0.05) is 0 Å². The molecule has 1 aliphatic heterocycles. The molecule has 3 heterocycles. The van der Waals surface area contributed by atoms with Crippen molar-refractivity contribution < 1.29 is 18.8 Å². The number of furan rings is 1. The molecule has 9 nitrogen and oxygen atoms in total. The third-order valence-corrected chi connectivity index (χ3v) is 4.38. The molecule has 26 heavy (non-hydrogen) atoms. The minimum absolute atomic E-state index is 0.119. The molecule has 2 N–H and O–H groups in total. The highest BCUT2D eigenvalue weighted by molar-refractivity contribution is 7.14. The van der Waals surface area contributed by atoms with E-state index in [4.69, 9.17) is 4.42 Å². The first-order valence-corrected chi connectivity index (χ1v) is 8.75. The highest BCUT2D eigenvalue weighted by atomic mass is 32.1. The molecule has 0 atom stereocenters. The second kappa shape index (κ2) is 7.48. The Kier molecular flexibility index (Phi) is 5.12. The Bertz CT molecular complexity index is 885. The van der Waals surface area contributed by atoms with Gasteiger partial charge in [-0.15, -0.1) is 11.3 Å². The number of hydrogen-bond acceptors (Lipinski definition) is 7. The zero-order chi connectivity index (χ0) is 18.7. The molecule has 0 spiro atoms. The smallest absolute Gasteiger partial charge is 0.273 e. The van der Waals surface area contributed by atoms with Crippen molar-refractivity contribution in [3.8, 4) is 11.5 Å². The Morgan fingerprint density at radius 2 is 2.15 bits per heavy atom. The maximum Gasteiger partial charge on any atom is 0.273 e. The molecule has 0 saturated carbocycles. The fourth-order valence-corrected chi connectivity index (χ4v) is 2.96. The number of nitrogens with one attached hydrogen (secondary N) is 2. The average molecular weight is 375 g/mol. The third kappa shape index (κ3) is 4.14. The van der Waals surface area contributed by atoms with Crippen LogP contribution in [0.2, 0.25) is 0 Å². The monoisotopic (exact) mass is 375 g/mol. The van der Waals surface area contributed by atoms with Crippen molar-refractivity contribution in [1.82, 2.24) is 15.3 Å². The fraction of sp³-hybridized carbons (Fsp3) is 0.312. The lowest BCUT2D eigenvalue weighted by atomic mass is 10.1. The lowest BCUT2D eigenvalue weighted by Crippen LogP contribution is -2.34. The topological polar surface area (TPSA) is 117 Å². The average Bonchev–Trinajstić information content (AvgIpc) is 3.24. The molecule has 0 fully saturated rings. The van der Waals surface area contributed by atoms with Crippen LogP contribution in [0.25, 0.3) is 11.5 Å². The van der Waals surface area contributed by atoms with Gasteiger partial charge in [0.1, 0.15) is 17.2 Å². The molecule has 2 aromatic rings. The molecule has 10 heteroatoms. The summed E-state index contributed by atoms with van der Waals surface area (Å²) < 4.78 is 5.63. The first-order valence-electron chi connectivity index (χ1n) is 7.87. The molecular formula is C16H17N5O4S. The van der Waals surface area contributed by atoms with Crippen LogP contribution in [0.1, 0.15) is 25.5 Å². The van der Waals surface area contributed by atoms with E-state index >= 15 is 0 Å². The summed E-state index contributed by atoms with van der Waals surface area (Å²) in [5.74, 6) is 0.516. The zero-order valence-electron chi connectivity index (χ0n) is 14.2. The molecule has 2 aromatic heterocycles. The van der Waals surface area contributed by atoms with Crippen molar-refractivity contribution in [2.24, 2.45) is 5.10 Å². The number of carbonyl (C=O) groups is 3. The van der Waals surface area contributed by atoms with E-state index in [1.807, 2.05) is 0 Å². The Morgan fingerprint density at radius 3 is 2.88 bits per heavy atom. The van der Waals surface area contributed by atoms with Gasteiger partial charge in [-0.05, 0) is 12.1 Å². The van der Waals surface area contributed by atoms with E-state index < -0.39 is 0 Å². The van der Waals surface area contributed by atoms with Crippen molar-refractivity contribution >= 4 is 39.9 Å². The van der Waals surface area contributed by atoms with Crippen molar-refractivity contribution in [3.63, 3.8) is 0 Å². The number of nitrogens with zero attached hydrogens (tertiary/aromatic N) is 3. The number of rotatable bonds is 5. The molecule has 0 bridgehead atoms. The van der Waals surface area contributed by atoms with Crippen LogP contribution in [-0.4, -0.2) is 40.5 Å². The highest BCUT2D eigenvalue weighted by Crippen LogP contribution is 2.26.